The van der Waals surface area contributed by atoms with Crippen LogP contribution in [0.3, 0.4) is 0 Å². The second-order valence-electron chi connectivity index (χ2n) is 13.8. The molecule has 52 heavy (non-hydrogen) atoms. The zero-order valence-corrected chi connectivity index (χ0v) is 28.4. The van der Waals surface area contributed by atoms with Crippen LogP contribution in [0.1, 0.15) is 22.3 Å². The smallest absolute Gasteiger partial charge is 0.146 e. The molecule has 2 aliphatic carbocycles. The molecular weight excluding hydrogens is 629 g/mol. The molecule has 0 saturated heterocycles. The van der Waals surface area contributed by atoms with Crippen LogP contribution in [0.15, 0.2) is 194 Å². The van der Waals surface area contributed by atoms with Crippen LogP contribution in [0.25, 0.3) is 55.1 Å². The minimum absolute atomic E-state index is 0.446. The molecule has 8 aromatic carbocycles. The van der Waals surface area contributed by atoms with Gasteiger partial charge >= 0.3 is 0 Å². The molecule has 242 valence electrons. The van der Waals surface area contributed by atoms with Gasteiger partial charge in [-0.1, -0.05) is 170 Å². The molecule has 0 fully saturated rings. The Labute approximate surface area is 302 Å². The highest BCUT2D eigenvalue weighted by molar-refractivity contribution is 6.12. The van der Waals surface area contributed by atoms with Gasteiger partial charge in [-0.3, -0.25) is 4.90 Å². The summed E-state index contributed by atoms with van der Waals surface area (Å²) >= 11 is 0. The molecule has 0 amide bonds. The molecule has 9 aromatic rings. The summed E-state index contributed by atoms with van der Waals surface area (Å²) in [6.45, 7) is 0. The van der Waals surface area contributed by atoms with Gasteiger partial charge in [0.15, 0.2) is 0 Å². The Bertz CT molecular complexity index is 2810. The van der Waals surface area contributed by atoms with E-state index in [2.05, 4.69) is 199 Å². The summed E-state index contributed by atoms with van der Waals surface area (Å²) in [5, 5.41) is 3.45. The summed E-state index contributed by atoms with van der Waals surface area (Å²) in [5.41, 5.74) is 15.5. The molecule has 1 aromatic heterocycles. The maximum absolute atomic E-state index is 5.51. The van der Waals surface area contributed by atoms with Crippen molar-refractivity contribution in [2.24, 2.45) is 0 Å². The number of pyridine rings is 1. The topological polar surface area (TPSA) is 16.1 Å². The maximum Gasteiger partial charge on any atom is 0.146 e. The first-order valence-corrected chi connectivity index (χ1v) is 18.0. The lowest BCUT2D eigenvalue weighted by atomic mass is 9.70. The van der Waals surface area contributed by atoms with Gasteiger partial charge in [0, 0.05) is 22.0 Å². The molecule has 0 atom stereocenters. The van der Waals surface area contributed by atoms with E-state index in [0.717, 1.165) is 44.6 Å². The minimum Gasteiger partial charge on any atom is -0.294 e. The zero-order chi connectivity index (χ0) is 34.2. The molecule has 0 unspecified atom stereocenters. The van der Waals surface area contributed by atoms with Crippen LogP contribution in [0.2, 0.25) is 0 Å². The van der Waals surface area contributed by atoms with Gasteiger partial charge in [0.25, 0.3) is 0 Å². The number of anilines is 3. The summed E-state index contributed by atoms with van der Waals surface area (Å²) in [6, 6.07) is 70.8. The average molecular weight is 661 g/mol. The molecule has 1 spiro atoms. The lowest BCUT2D eigenvalue weighted by Gasteiger charge is -2.32. The normalized spacial score (nSPS) is 13.2. The first kappa shape index (κ1) is 29.0. The second-order valence-corrected chi connectivity index (χ2v) is 13.8. The van der Waals surface area contributed by atoms with Crippen LogP contribution in [0.5, 0.6) is 0 Å². The SMILES string of the molecule is c1ccc(-c2ccccc2N(c2ccc3c(c2)C2(c4ccccc4-c4ccccc42)c2ccccc2-3)c2nc3ccccc3c3ccccc23)cc1. The van der Waals surface area contributed by atoms with Gasteiger partial charge in [0.05, 0.1) is 16.6 Å². The van der Waals surface area contributed by atoms with Crippen LogP contribution in [-0.4, -0.2) is 4.98 Å². The van der Waals surface area contributed by atoms with Gasteiger partial charge in [-0.05, 0) is 79.7 Å². The van der Waals surface area contributed by atoms with Crippen molar-refractivity contribution in [3.8, 4) is 33.4 Å². The third kappa shape index (κ3) is 3.92. The molecule has 0 saturated carbocycles. The Hall–Kier alpha value is -6.77. The number of hydrogen-bond donors (Lipinski definition) is 0. The number of para-hydroxylation sites is 2. The van der Waals surface area contributed by atoms with E-state index >= 15 is 0 Å². The van der Waals surface area contributed by atoms with E-state index in [4.69, 9.17) is 4.98 Å². The maximum atomic E-state index is 5.51. The van der Waals surface area contributed by atoms with Gasteiger partial charge in [0.2, 0.25) is 0 Å². The first-order valence-electron chi connectivity index (χ1n) is 18.0. The van der Waals surface area contributed by atoms with Crippen LogP contribution in [0.4, 0.5) is 17.2 Å². The summed E-state index contributed by atoms with van der Waals surface area (Å²) in [7, 11) is 0. The van der Waals surface area contributed by atoms with Crippen LogP contribution >= 0.6 is 0 Å². The highest BCUT2D eigenvalue weighted by atomic mass is 15.2. The summed E-state index contributed by atoms with van der Waals surface area (Å²) in [6.07, 6.45) is 0. The van der Waals surface area contributed by atoms with Crippen LogP contribution in [-0.2, 0) is 5.41 Å². The lowest BCUT2D eigenvalue weighted by Crippen LogP contribution is -2.26. The van der Waals surface area contributed by atoms with E-state index in [1.54, 1.807) is 0 Å². The van der Waals surface area contributed by atoms with Crippen LogP contribution < -0.4 is 4.90 Å². The monoisotopic (exact) mass is 660 g/mol. The fourth-order valence-corrected chi connectivity index (χ4v) is 9.18. The number of benzene rings is 8. The molecule has 0 radical (unpaired) electrons. The van der Waals surface area contributed by atoms with Gasteiger partial charge in [-0.15, -0.1) is 0 Å². The van der Waals surface area contributed by atoms with E-state index in [0.29, 0.717) is 0 Å². The fourth-order valence-electron chi connectivity index (χ4n) is 9.18. The van der Waals surface area contributed by atoms with Crippen molar-refractivity contribution in [1.29, 1.82) is 0 Å². The van der Waals surface area contributed by atoms with Crippen molar-refractivity contribution in [3.05, 3.63) is 216 Å². The van der Waals surface area contributed by atoms with E-state index < -0.39 is 5.41 Å². The fraction of sp³-hybridized carbons (Fsp3) is 0.0200. The van der Waals surface area contributed by atoms with Crippen molar-refractivity contribution in [1.82, 2.24) is 4.98 Å². The van der Waals surface area contributed by atoms with Crippen molar-refractivity contribution >= 4 is 38.9 Å². The quantitative estimate of drug-likeness (QED) is 0.175. The van der Waals surface area contributed by atoms with Gasteiger partial charge in [-0.25, -0.2) is 4.98 Å². The third-order valence-electron chi connectivity index (χ3n) is 11.3. The zero-order valence-electron chi connectivity index (χ0n) is 28.4. The Balaban J connectivity index is 1.25. The van der Waals surface area contributed by atoms with E-state index in [1.165, 1.54) is 49.9 Å². The van der Waals surface area contributed by atoms with Gasteiger partial charge < -0.3 is 0 Å². The highest BCUT2D eigenvalue weighted by Gasteiger charge is 2.51. The van der Waals surface area contributed by atoms with Crippen molar-refractivity contribution in [2.45, 2.75) is 5.41 Å². The summed E-state index contributed by atoms with van der Waals surface area (Å²) in [4.78, 5) is 7.91. The predicted molar refractivity (Wildman–Crippen MR) is 216 cm³/mol. The minimum atomic E-state index is -0.446. The lowest BCUT2D eigenvalue weighted by molar-refractivity contribution is 0.793. The summed E-state index contributed by atoms with van der Waals surface area (Å²) in [5.74, 6) is 0.911. The van der Waals surface area contributed by atoms with Crippen molar-refractivity contribution in [2.75, 3.05) is 4.90 Å². The third-order valence-corrected chi connectivity index (χ3v) is 11.3. The van der Waals surface area contributed by atoms with Gasteiger partial charge in [0.1, 0.15) is 5.82 Å². The Morgan fingerprint density at radius 1 is 0.365 bits per heavy atom. The van der Waals surface area contributed by atoms with E-state index in [9.17, 15) is 0 Å². The number of aromatic nitrogens is 1. The first-order chi connectivity index (χ1) is 25.8. The number of fused-ring (bicyclic) bond motifs is 13. The Morgan fingerprint density at radius 2 is 0.865 bits per heavy atom. The molecule has 11 rings (SSSR count). The van der Waals surface area contributed by atoms with E-state index in [-0.39, 0.29) is 0 Å². The molecule has 2 heteroatoms. The molecule has 0 aliphatic heterocycles. The number of nitrogens with zero attached hydrogens (tertiary/aromatic N) is 2. The van der Waals surface area contributed by atoms with E-state index in [1.807, 2.05) is 0 Å². The summed E-state index contributed by atoms with van der Waals surface area (Å²) < 4.78 is 0. The Kier molecular flexibility index (Phi) is 6.20. The molecule has 0 N–H and O–H groups in total. The van der Waals surface area contributed by atoms with Crippen LogP contribution in [0, 0.1) is 0 Å². The predicted octanol–water partition coefficient (Wildman–Crippen LogP) is 12.9. The van der Waals surface area contributed by atoms with Crippen molar-refractivity contribution in [3.63, 3.8) is 0 Å². The molecule has 2 nitrogen and oxygen atoms in total. The largest absolute Gasteiger partial charge is 0.294 e. The molecule has 0 bridgehead atoms. The number of rotatable bonds is 4. The highest BCUT2D eigenvalue weighted by Crippen LogP contribution is 2.63. The number of hydrogen-bond acceptors (Lipinski definition) is 2. The van der Waals surface area contributed by atoms with Crippen molar-refractivity contribution < 1.29 is 0 Å². The van der Waals surface area contributed by atoms with Gasteiger partial charge in [-0.2, -0.15) is 0 Å². The molecule has 1 heterocycles. The molecular formula is C50H32N2. The molecule has 2 aliphatic rings. The average Bonchev–Trinajstić information content (AvgIpc) is 3.69. The second kappa shape index (κ2) is 11.1. The standard InChI is InChI=1S/C50H32N2/c1-2-16-33(17-3-1)35-18-10-15-29-48(35)52(49-42-24-5-4-19-36(42)41-23-9-14-28-47(41)51-49)34-30-31-40-39-22-8-13-27-45(39)50(46(40)32-34)43-25-11-6-20-37(43)38-21-7-12-26-44(38)50/h1-32H. The Morgan fingerprint density at radius 3 is 1.54 bits per heavy atom.